The van der Waals surface area contributed by atoms with Crippen molar-refractivity contribution in [3.05, 3.63) is 76.4 Å². The molecule has 0 atom stereocenters. The molecule has 0 amide bonds. The van der Waals surface area contributed by atoms with Crippen LogP contribution in [0, 0.1) is 6.92 Å². The van der Waals surface area contributed by atoms with Crippen molar-refractivity contribution in [1.29, 1.82) is 0 Å². The van der Waals surface area contributed by atoms with Crippen LogP contribution < -0.4 is 5.73 Å². The van der Waals surface area contributed by atoms with E-state index in [1.807, 2.05) is 31.2 Å². The first-order valence-corrected chi connectivity index (χ1v) is 7.15. The molecular formula is C17H14ClN3O. The van der Waals surface area contributed by atoms with Gasteiger partial charge in [0, 0.05) is 10.6 Å². The number of halogens is 1. The minimum atomic E-state index is -0.144. The van der Waals surface area contributed by atoms with Gasteiger partial charge in [-0.25, -0.2) is 4.68 Å². The number of ketones is 1. The number of nitrogen functional groups attached to an aromatic ring is 1. The lowest BCUT2D eigenvalue weighted by molar-refractivity contribution is 0.103. The third-order valence-electron chi connectivity index (χ3n) is 3.38. The molecule has 110 valence electrons. The lowest BCUT2D eigenvalue weighted by atomic mass is 10.0. The number of rotatable bonds is 3. The van der Waals surface area contributed by atoms with Gasteiger partial charge >= 0.3 is 0 Å². The van der Waals surface area contributed by atoms with Crippen molar-refractivity contribution in [2.24, 2.45) is 0 Å². The Bertz CT molecular complexity index is 855. The van der Waals surface area contributed by atoms with Gasteiger partial charge in [0.05, 0.1) is 17.4 Å². The number of nitrogens with zero attached hydrogens (tertiary/aromatic N) is 2. The number of anilines is 1. The van der Waals surface area contributed by atoms with Crippen molar-refractivity contribution in [1.82, 2.24) is 9.78 Å². The predicted octanol–water partition coefficient (Wildman–Crippen LogP) is 3.65. The van der Waals surface area contributed by atoms with Gasteiger partial charge in [0.15, 0.2) is 5.78 Å². The molecule has 0 spiro atoms. The van der Waals surface area contributed by atoms with Crippen LogP contribution in [0.4, 0.5) is 5.82 Å². The summed E-state index contributed by atoms with van der Waals surface area (Å²) in [4.78, 5) is 12.6. The zero-order valence-corrected chi connectivity index (χ0v) is 12.7. The third kappa shape index (κ3) is 2.61. The largest absolute Gasteiger partial charge is 0.383 e. The van der Waals surface area contributed by atoms with Crippen LogP contribution in [-0.2, 0) is 0 Å². The molecule has 3 rings (SSSR count). The van der Waals surface area contributed by atoms with Crippen LogP contribution in [-0.4, -0.2) is 15.6 Å². The Kier molecular flexibility index (Phi) is 3.69. The highest BCUT2D eigenvalue weighted by Gasteiger charge is 2.17. The molecule has 4 nitrogen and oxygen atoms in total. The topological polar surface area (TPSA) is 60.9 Å². The van der Waals surface area contributed by atoms with Crippen molar-refractivity contribution < 1.29 is 4.79 Å². The van der Waals surface area contributed by atoms with Crippen LogP contribution in [0.5, 0.6) is 0 Å². The Morgan fingerprint density at radius 2 is 1.95 bits per heavy atom. The molecule has 0 aliphatic rings. The van der Waals surface area contributed by atoms with E-state index < -0.39 is 0 Å². The van der Waals surface area contributed by atoms with Crippen LogP contribution >= 0.6 is 11.6 Å². The molecule has 0 bridgehead atoms. The van der Waals surface area contributed by atoms with Crippen molar-refractivity contribution in [3.63, 3.8) is 0 Å². The number of benzene rings is 2. The maximum Gasteiger partial charge on any atom is 0.198 e. The fraction of sp³-hybridized carbons (Fsp3) is 0.0588. The van der Waals surface area contributed by atoms with Gasteiger partial charge in [-0.15, -0.1) is 0 Å². The molecule has 5 heteroatoms. The molecule has 0 aliphatic carbocycles. The molecule has 3 aromatic rings. The van der Waals surface area contributed by atoms with E-state index in [2.05, 4.69) is 5.10 Å². The highest BCUT2D eigenvalue weighted by Crippen LogP contribution is 2.22. The van der Waals surface area contributed by atoms with E-state index in [1.54, 1.807) is 24.3 Å². The molecular weight excluding hydrogens is 298 g/mol. The molecule has 0 saturated carbocycles. The first kappa shape index (κ1) is 14.4. The summed E-state index contributed by atoms with van der Waals surface area (Å²) in [5, 5.41) is 4.79. The first-order chi connectivity index (χ1) is 10.6. The van der Waals surface area contributed by atoms with Crippen LogP contribution in [0.2, 0.25) is 5.02 Å². The number of carbonyl (C=O) groups is 1. The molecule has 1 heterocycles. The summed E-state index contributed by atoms with van der Waals surface area (Å²) in [6, 6.07) is 14.5. The van der Waals surface area contributed by atoms with Gasteiger partial charge < -0.3 is 5.73 Å². The lowest BCUT2D eigenvalue weighted by Crippen LogP contribution is -2.07. The van der Waals surface area contributed by atoms with E-state index in [1.165, 1.54) is 10.9 Å². The van der Waals surface area contributed by atoms with Crippen molar-refractivity contribution in [2.75, 3.05) is 5.73 Å². The maximum absolute atomic E-state index is 12.6. The third-order valence-corrected chi connectivity index (χ3v) is 3.62. The predicted molar refractivity (Wildman–Crippen MR) is 87.6 cm³/mol. The van der Waals surface area contributed by atoms with E-state index in [0.29, 0.717) is 27.7 Å². The lowest BCUT2D eigenvalue weighted by Gasteiger charge is -2.06. The van der Waals surface area contributed by atoms with Gasteiger partial charge in [-0.1, -0.05) is 41.4 Å². The Labute approximate surface area is 133 Å². The number of aryl methyl sites for hydroxylation is 1. The second-order valence-electron chi connectivity index (χ2n) is 5.03. The standard InChI is InChI=1S/C17H14ClN3O/c1-11-4-2-5-12(8-11)16(22)15-10-20-21(17(15)19)14-7-3-6-13(18)9-14/h2-10H,19H2,1H3. The normalized spacial score (nSPS) is 10.6. The van der Waals surface area contributed by atoms with Crippen molar-refractivity contribution in [3.8, 4) is 5.69 Å². The number of hydrogen-bond acceptors (Lipinski definition) is 3. The summed E-state index contributed by atoms with van der Waals surface area (Å²) < 4.78 is 1.51. The average Bonchev–Trinajstić information content (AvgIpc) is 2.88. The van der Waals surface area contributed by atoms with Crippen LogP contribution in [0.3, 0.4) is 0 Å². The minimum absolute atomic E-state index is 0.144. The monoisotopic (exact) mass is 311 g/mol. The minimum Gasteiger partial charge on any atom is -0.383 e. The van der Waals surface area contributed by atoms with E-state index in [4.69, 9.17) is 17.3 Å². The SMILES string of the molecule is Cc1cccc(C(=O)c2cnn(-c3cccc(Cl)c3)c2N)c1. The van der Waals surface area contributed by atoms with Crippen LogP contribution in [0.15, 0.2) is 54.7 Å². The second kappa shape index (κ2) is 5.66. The first-order valence-electron chi connectivity index (χ1n) is 6.77. The average molecular weight is 312 g/mol. The van der Waals surface area contributed by atoms with Gasteiger partial charge in [0.1, 0.15) is 5.82 Å². The summed E-state index contributed by atoms with van der Waals surface area (Å²) in [5.41, 5.74) is 8.81. The molecule has 0 radical (unpaired) electrons. The van der Waals surface area contributed by atoms with Gasteiger partial charge in [-0.05, 0) is 31.2 Å². The van der Waals surface area contributed by atoms with Gasteiger partial charge in [0.25, 0.3) is 0 Å². The number of nitrogens with two attached hydrogens (primary N) is 1. The Morgan fingerprint density at radius 1 is 1.18 bits per heavy atom. The Hall–Kier alpha value is -2.59. The van der Waals surface area contributed by atoms with E-state index in [9.17, 15) is 4.79 Å². The van der Waals surface area contributed by atoms with Crippen LogP contribution in [0.25, 0.3) is 5.69 Å². The van der Waals surface area contributed by atoms with E-state index >= 15 is 0 Å². The summed E-state index contributed by atoms with van der Waals surface area (Å²) in [5.74, 6) is 0.156. The molecule has 0 unspecified atom stereocenters. The quantitative estimate of drug-likeness (QED) is 0.751. The van der Waals surface area contributed by atoms with E-state index in [0.717, 1.165) is 5.56 Å². The summed E-state index contributed by atoms with van der Waals surface area (Å²) in [6.07, 6.45) is 1.49. The molecule has 0 aliphatic heterocycles. The zero-order valence-electron chi connectivity index (χ0n) is 12.0. The van der Waals surface area contributed by atoms with Gasteiger partial charge in [-0.3, -0.25) is 4.79 Å². The maximum atomic E-state index is 12.6. The summed E-state index contributed by atoms with van der Waals surface area (Å²) in [7, 11) is 0. The van der Waals surface area contributed by atoms with Gasteiger partial charge in [0.2, 0.25) is 0 Å². The Balaban J connectivity index is 2.02. The number of carbonyl (C=O) groups excluding carboxylic acids is 1. The summed E-state index contributed by atoms with van der Waals surface area (Å²) in [6.45, 7) is 1.94. The molecule has 0 fully saturated rings. The molecule has 1 aromatic heterocycles. The van der Waals surface area contributed by atoms with Crippen molar-refractivity contribution >= 4 is 23.2 Å². The highest BCUT2D eigenvalue weighted by atomic mass is 35.5. The molecule has 22 heavy (non-hydrogen) atoms. The van der Waals surface area contributed by atoms with E-state index in [-0.39, 0.29) is 5.78 Å². The molecule has 2 aromatic carbocycles. The van der Waals surface area contributed by atoms with Crippen LogP contribution in [0.1, 0.15) is 21.5 Å². The van der Waals surface area contributed by atoms with Crippen molar-refractivity contribution in [2.45, 2.75) is 6.92 Å². The molecule has 0 saturated heterocycles. The zero-order chi connectivity index (χ0) is 15.7. The number of aromatic nitrogens is 2. The highest BCUT2D eigenvalue weighted by molar-refractivity contribution is 6.30. The fourth-order valence-electron chi connectivity index (χ4n) is 2.29. The Morgan fingerprint density at radius 3 is 2.68 bits per heavy atom. The fourth-order valence-corrected chi connectivity index (χ4v) is 2.47. The smallest absolute Gasteiger partial charge is 0.198 e. The number of hydrogen-bond donors (Lipinski definition) is 1. The second-order valence-corrected chi connectivity index (χ2v) is 5.47. The van der Waals surface area contributed by atoms with Gasteiger partial charge in [-0.2, -0.15) is 5.10 Å². The molecule has 2 N–H and O–H groups in total. The summed E-state index contributed by atoms with van der Waals surface area (Å²) >= 11 is 5.98.